The topological polar surface area (TPSA) is 397 Å². The number of aliphatic carboxylic acids is 2. The van der Waals surface area contributed by atoms with E-state index in [2.05, 4.69) is 31.6 Å². The van der Waals surface area contributed by atoms with Crippen LogP contribution in [0.5, 0.6) is 0 Å². The Kier molecular flexibility index (Phi) is 21.3. The van der Waals surface area contributed by atoms with Gasteiger partial charge < -0.3 is 74.8 Å². The molecule has 1 heterocycles. The molecule has 0 saturated carbocycles. The highest BCUT2D eigenvalue weighted by Gasteiger charge is 2.40. The number of rotatable bonds is 25. The molecule has 0 radical (unpaired) electrons. The summed E-state index contributed by atoms with van der Waals surface area (Å²) >= 11 is 0. The first-order valence-electron chi connectivity index (χ1n) is 18.3. The maximum Gasteiger partial charge on any atom is 0.328 e. The Balaban J connectivity index is 3.33. The largest absolute Gasteiger partial charge is 0.481 e. The van der Waals surface area contributed by atoms with Gasteiger partial charge in [0.2, 0.25) is 35.4 Å². The molecule has 0 bridgehead atoms. The van der Waals surface area contributed by atoms with Crippen molar-refractivity contribution in [3.8, 4) is 0 Å². The van der Waals surface area contributed by atoms with Gasteiger partial charge in [0.15, 0.2) is 5.96 Å². The average molecular weight is 802 g/mol. The molecule has 1 aliphatic heterocycles. The Morgan fingerprint density at radius 3 is 1.91 bits per heavy atom. The predicted octanol–water partition coefficient (Wildman–Crippen LogP) is -5.50. The first kappa shape index (κ1) is 48.9. The second kappa shape index (κ2) is 24.4. The number of aliphatic hydroxyl groups excluding tert-OH is 2. The zero-order valence-electron chi connectivity index (χ0n) is 31.9. The molecule has 56 heavy (non-hydrogen) atoms. The van der Waals surface area contributed by atoms with Gasteiger partial charge in [0.05, 0.1) is 25.2 Å². The fourth-order valence-corrected chi connectivity index (χ4v) is 5.74. The number of nitrogens with zero attached hydrogens (tertiary/aromatic N) is 2. The van der Waals surface area contributed by atoms with Gasteiger partial charge in [-0.1, -0.05) is 13.8 Å². The molecule has 8 atom stereocenters. The summed E-state index contributed by atoms with van der Waals surface area (Å²) in [6.07, 6.45) is -0.783. The predicted molar refractivity (Wildman–Crippen MR) is 199 cm³/mol. The molecule has 0 aromatic carbocycles. The molecule has 318 valence electrons. The van der Waals surface area contributed by atoms with Crippen LogP contribution in [0.15, 0.2) is 4.99 Å². The number of likely N-dealkylation sites (tertiary alicyclic amines) is 1. The molecule has 0 aliphatic carbocycles. The van der Waals surface area contributed by atoms with E-state index in [1.165, 1.54) is 11.8 Å². The van der Waals surface area contributed by atoms with Crippen LogP contribution in [0, 0.1) is 5.92 Å². The van der Waals surface area contributed by atoms with Crippen LogP contribution >= 0.6 is 0 Å². The lowest BCUT2D eigenvalue weighted by Gasteiger charge is -2.31. The Hall–Kier alpha value is -5.13. The molecule has 1 rings (SSSR count). The van der Waals surface area contributed by atoms with Crippen LogP contribution in [-0.2, 0) is 38.4 Å². The number of aliphatic hydroxyl groups is 2. The van der Waals surface area contributed by atoms with Gasteiger partial charge in [0.25, 0.3) is 0 Å². The molecule has 0 aromatic heterocycles. The molecule has 17 N–H and O–H groups in total. The van der Waals surface area contributed by atoms with Crippen LogP contribution in [0.3, 0.4) is 0 Å². The summed E-state index contributed by atoms with van der Waals surface area (Å²) in [5.41, 5.74) is 22.1. The number of carbonyl (C=O) groups excluding carboxylic acids is 6. The standard InChI is InChI=1S/C33H59N11O12/c1-16(2)24(42-26(49)18(35)14-23(47)48)29(52)43-25(17(3)46)30(53)39-19(8-4-5-11-34)27(50)40-20(9-6-12-38-33(36)37)31(54)44-13-7-10-22(44)28(51)41-21(15-45)32(55)56/h16-22,24-25,45-46H,4-15,34-35H2,1-3H3,(H,39,53)(H,40,50)(H,41,51)(H,42,49)(H,43,52)(H,47,48)(H,55,56)(H4,36,37,38)/t17-,18+,19+,20+,21+,22+,24+,25+/m1/s1. The second-order valence-corrected chi connectivity index (χ2v) is 13.8. The monoisotopic (exact) mass is 801 g/mol. The number of carbonyl (C=O) groups is 8. The van der Waals surface area contributed by atoms with Gasteiger partial charge in [-0.15, -0.1) is 0 Å². The molecule has 1 fully saturated rings. The first-order chi connectivity index (χ1) is 26.2. The summed E-state index contributed by atoms with van der Waals surface area (Å²) in [4.78, 5) is 108. The third-order valence-electron chi connectivity index (χ3n) is 8.82. The van der Waals surface area contributed by atoms with E-state index in [1.54, 1.807) is 13.8 Å². The third kappa shape index (κ3) is 16.3. The maximum atomic E-state index is 14.0. The minimum Gasteiger partial charge on any atom is -0.481 e. The van der Waals surface area contributed by atoms with Crippen molar-refractivity contribution in [3.05, 3.63) is 0 Å². The lowest BCUT2D eigenvalue weighted by molar-refractivity contribution is -0.145. The first-order valence-corrected chi connectivity index (χ1v) is 18.3. The lowest BCUT2D eigenvalue weighted by atomic mass is 10.0. The van der Waals surface area contributed by atoms with Crippen molar-refractivity contribution in [2.45, 2.75) is 121 Å². The zero-order valence-corrected chi connectivity index (χ0v) is 31.9. The lowest BCUT2D eigenvalue weighted by Crippen LogP contribution is -2.62. The van der Waals surface area contributed by atoms with Crippen LogP contribution in [0.4, 0.5) is 0 Å². The number of carboxylic acid groups (broad SMARTS) is 2. The number of carboxylic acids is 2. The number of guanidine groups is 1. The molecular formula is C33H59N11O12. The number of unbranched alkanes of at least 4 members (excludes halogenated alkanes) is 1. The summed E-state index contributed by atoms with van der Waals surface area (Å²) in [6.45, 7) is 3.85. The quantitative estimate of drug-likeness (QED) is 0.0233. The van der Waals surface area contributed by atoms with Gasteiger partial charge in [-0.2, -0.15) is 0 Å². The van der Waals surface area contributed by atoms with Gasteiger partial charge >= 0.3 is 11.9 Å². The van der Waals surface area contributed by atoms with Gasteiger partial charge in [-0.25, -0.2) is 4.79 Å². The fraction of sp³-hybridized carbons (Fsp3) is 0.727. The number of aliphatic imine (C=N–C) groups is 1. The zero-order chi connectivity index (χ0) is 42.7. The van der Waals surface area contributed by atoms with E-state index in [1.807, 2.05) is 0 Å². The highest BCUT2D eigenvalue weighted by molar-refractivity contribution is 5.97. The van der Waals surface area contributed by atoms with Crippen molar-refractivity contribution in [3.63, 3.8) is 0 Å². The normalized spacial score (nSPS) is 17.6. The highest BCUT2D eigenvalue weighted by atomic mass is 16.4. The molecule has 1 aliphatic rings. The van der Waals surface area contributed by atoms with E-state index in [-0.39, 0.29) is 51.3 Å². The number of hydrogen-bond acceptors (Lipinski definition) is 13. The van der Waals surface area contributed by atoms with Crippen LogP contribution < -0.4 is 49.5 Å². The second-order valence-electron chi connectivity index (χ2n) is 13.8. The smallest absolute Gasteiger partial charge is 0.328 e. The summed E-state index contributed by atoms with van der Waals surface area (Å²) in [5, 5.41) is 50.2. The SMILES string of the molecule is CC(C)[C@H](NC(=O)[C@@H](N)CC(=O)O)C(=O)N[C@H](C(=O)N[C@@H](CCCCN)C(=O)N[C@@H](CCCN=C(N)N)C(=O)N1CCC[C@H]1C(=O)N[C@@H](CO)C(=O)O)[C@@H](C)O. The fourth-order valence-electron chi connectivity index (χ4n) is 5.74. The summed E-state index contributed by atoms with van der Waals surface area (Å²) in [7, 11) is 0. The molecule has 23 nitrogen and oxygen atoms in total. The number of nitrogens with two attached hydrogens (primary N) is 4. The summed E-state index contributed by atoms with van der Waals surface area (Å²) in [5.74, 6) is -8.81. The van der Waals surface area contributed by atoms with Crippen molar-refractivity contribution < 1.29 is 58.8 Å². The number of amides is 6. The molecule has 23 heteroatoms. The number of nitrogens with one attached hydrogen (secondary N) is 5. The van der Waals surface area contributed by atoms with Crippen molar-refractivity contribution in [1.82, 2.24) is 31.5 Å². The van der Waals surface area contributed by atoms with Gasteiger partial charge in [0, 0.05) is 13.1 Å². The van der Waals surface area contributed by atoms with Crippen LogP contribution in [0.25, 0.3) is 0 Å². The summed E-state index contributed by atoms with van der Waals surface area (Å²) < 4.78 is 0. The Labute approximate surface area is 324 Å². The van der Waals surface area contributed by atoms with E-state index in [9.17, 15) is 53.7 Å². The van der Waals surface area contributed by atoms with Gasteiger partial charge in [-0.05, 0) is 64.3 Å². The minimum absolute atomic E-state index is 0.00276. The van der Waals surface area contributed by atoms with E-state index >= 15 is 0 Å². The Morgan fingerprint density at radius 1 is 0.786 bits per heavy atom. The van der Waals surface area contributed by atoms with Crippen molar-refractivity contribution in [1.29, 1.82) is 0 Å². The van der Waals surface area contributed by atoms with Crippen molar-refractivity contribution >= 4 is 53.3 Å². The highest BCUT2D eigenvalue weighted by Crippen LogP contribution is 2.20. The Bertz CT molecular complexity index is 1410. The van der Waals surface area contributed by atoms with Crippen LogP contribution in [0.1, 0.15) is 72.1 Å². The molecular weight excluding hydrogens is 742 g/mol. The molecule has 6 amide bonds. The van der Waals surface area contributed by atoms with Gasteiger partial charge in [-0.3, -0.25) is 38.6 Å². The van der Waals surface area contributed by atoms with Crippen molar-refractivity contribution in [2.24, 2.45) is 33.8 Å². The number of hydrogen-bond donors (Lipinski definition) is 13. The van der Waals surface area contributed by atoms with Gasteiger partial charge in [0.1, 0.15) is 36.3 Å². The molecule has 0 spiro atoms. The third-order valence-corrected chi connectivity index (χ3v) is 8.82. The molecule has 1 saturated heterocycles. The van der Waals surface area contributed by atoms with Crippen LogP contribution in [-0.4, -0.2) is 153 Å². The van der Waals surface area contributed by atoms with Crippen molar-refractivity contribution in [2.75, 3.05) is 26.2 Å². The van der Waals surface area contributed by atoms with Crippen LogP contribution in [0.2, 0.25) is 0 Å². The summed E-state index contributed by atoms with van der Waals surface area (Å²) in [6, 6.07) is -9.79. The Morgan fingerprint density at radius 2 is 1.38 bits per heavy atom. The maximum absolute atomic E-state index is 14.0. The van der Waals surface area contributed by atoms with E-state index in [0.29, 0.717) is 19.3 Å². The van der Waals surface area contributed by atoms with E-state index in [0.717, 1.165) is 0 Å². The molecule has 0 aromatic rings. The average Bonchev–Trinajstić information content (AvgIpc) is 3.61. The molecule has 0 unspecified atom stereocenters. The minimum atomic E-state index is -1.66. The van der Waals surface area contributed by atoms with E-state index < -0.39 is 115 Å². The van der Waals surface area contributed by atoms with E-state index in [4.69, 9.17) is 28.0 Å².